The monoisotopic (exact) mass is 173 g/mol. The molecule has 0 amide bonds. The Morgan fingerprint density at radius 1 is 1.17 bits per heavy atom. The first-order valence-electron chi connectivity index (χ1n) is 4.74. The highest BCUT2D eigenvalue weighted by Crippen LogP contribution is 2.62. The largest absolute Gasteiger partial charge is 0.313 e. The molecule has 0 saturated heterocycles. The first-order valence-corrected chi connectivity index (χ1v) is 4.74. The minimum atomic E-state index is -0.208. The van der Waals surface area contributed by atoms with E-state index >= 15 is 0 Å². The van der Waals surface area contributed by atoms with E-state index in [-0.39, 0.29) is 6.67 Å². The van der Waals surface area contributed by atoms with Gasteiger partial charge < -0.3 is 5.32 Å². The summed E-state index contributed by atoms with van der Waals surface area (Å²) in [4.78, 5) is 0. The number of rotatable bonds is 4. The van der Waals surface area contributed by atoms with Crippen LogP contribution in [0.5, 0.6) is 0 Å². The molecule has 0 aromatic rings. The van der Waals surface area contributed by atoms with E-state index in [9.17, 15) is 4.39 Å². The van der Waals surface area contributed by atoms with Crippen LogP contribution in [0.2, 0.25) is 0 Å². The summed E-state index contributed by atoms with van der Waals surface area (Å²) in [6, 6.07) is 0.566. The Balaban J connectivity index is 2.29. The van der Waals surface area contributed by atoms with Gasteiger partial charge in [-0.1, -0.05) is 27.7 Å². The second-order valence-corrected chi connectivity index (χ2v) is 4.87. The Morgan fingerprint density at radius 2 is 1.67 bits per heavy atom. The van der Waals surface area contributed by atoms with Crippen molar-refractivity contribution in [2.45, 2.75) is 40.2 Å². The third kappa shape index (κ3) is 1.37. The summed E-state index contributed by atoms with van der Waals surface area (Å²) in [7, 11) is 0. The highest BCUT2D eigenvalue weighted by atomic mass is 19.1. The second kappa shape index (κ2) is 2.99. The Morgan fingerprint density at radius 3 is 2.00 bits per heavy atom. The number of hydrogen-bond donors (Lipinski definition) is 1. The predicted octanol–water partition coefficient (Wildman–Crippen LogP) is 2.37. The van der Waals surface area contributed by atoms with E-state index < -0.39 is 0 Å². The maximum atomic E-state index is 11.8. The van der Waals surface area contributed by atoms with Crippen molar-refractivity contribution in [1.29, 1.82) is 0 Å². The van der Waals surface area contributed by atoms with E-state index in [0.717, 1.165) is 6.54 Å². The molecular weight excluding hydrogens is 153 g/mol. The zero-order valence-electron chi connectivity index (χ0n) is 8.58. The highest BCUT2D eigenvalue weighted by molar-refractivity contribution is 5.17. The molecule has 0 unspecified atom stereocenters. The van der Waals surface area contributed by atoms with Crippen LogP contribution in [0.3, 0.4) is 0 Å². The molecule has 1 saturated carbocycles. The van der Waals surface area contributed by atoms with E-state index in [0.29, 0.717) is 23.3 Å². The van der Waals surface area contributed by atoms with Gasteiger partial charge in [0.1, 0.15) is 0 Å². The third-order valence-corrected chi connectivity index (χ3v) is 3.68. The molecular formula is C10H20FN. The van der Waals surface area contributed by atoms with E-state index in [1.165, 1.54) is 0 Å². The maximum Gasteiger partial charge on any atom is 0.0906 e. The van der Waals surface area contributed by atoms with E-state index in [2.05, 4.69) is 33.0 Å². The SMILES string of the molecule is CC1(C)C(NCCCF)C1(C)C. The number of hydrogen-bond acceptors (Lipinski definition) is 1. The van der Waals surface area contributed by atoms with Gasteiger partial charge in [-0.2, -0.15) is 0 Å². The molecule has 1 aliphatic carbocycles. The highest BCUT2D eigenvalue weighted by Gasteiger charge is 2.64. The summed E-state index contributed by atoms with van der Waals surface area (Å²) in [6.07, 6.45) is 0.642. The molecule has 0 heterocycles. The zero-order valence-corrected chi connectivity index (χ0v) is 8.58. The zero-order chi connectivity index (χ0) is 9.41. The average molecular weight is 173 g/mol. The molecule has 1 rings (SSSR count). The van der Waals surface area contributed by atoms with Gasteiger partial charge in [0, 0.05) is 6.04 Å². The Hall–Kier alpha value is -0.110. The van der Waals surface area contributed by atoms with Crippen LogP contribution in [0, 0.1) is 10.8 Å². The summed E-state index contributed by atoms with van der Waals surface area (Å²) in [5.41, 5.74) is 0.757. The van der Waals surface area contributed by atoms with Crippen LogP contribution < -0.4 is 5.32 Å². The van der Waals surface area contributed by atoms with Crippen molar-refractivity contribution < 1.29 is 4.39 Å². The fourth-order valence-corrected chi connectivity index (χ4v) is 2.02. The average Bonchev–Trinajstić information content (AvgIpc) is 2.32. The summed E-state index contributed by atoms with van der Waals surface area (Å²) >= 11 is 0. The third-order valence-electron chi connectivity index (χ3n) is 3.68. The molecule has 72 valence electrons. The fourth-order valence-electron chi connectivity index (χ4n) is 2.02. The molecule has 1 N–H and O–H groups in total. The second-order valence-electron chi connectivity index (χ2n) is 4.87. The van der Waals surface area contributed by atoms with Crippen molar-refractivity contribution in [1.82, 2.24) is 5.32 Å². The van der Waals surface area contributed by atoms with Gasteiger partial charge in [0.05, 0.1) is 6.67 Å². The molecule has 1 fully saturated rings. The quantitative estimate of drug-likeness (QED) is 0.644. The van der Waals surface area contributed by atoms with Gasteiger partial charge in [-0.3, -0.25) is 4.39 Å². The molecule has 12 heavy (non-hydrogen) atoms. The summed E-state index contributed by atoms with van der Waals surface area (Å²) < 4.78 is 11.8. The molecule has 0 atom stereocenters. The Kier molecular flexibility index (Phi) is 2.48. The van der Waals surface area contributed by atoms with Crippen LogP contribution >= 0.6 is 0 Å². The first-order chi connectivity index (χ1) is 5.44. The van der Waals surface area contributed by atoms with Crippen LogP contribution in [0.4, 0.5) is 4.39 Å². The summed E-state index contributed by atoms with van der Waals surface area (Å²) in [6.45, 7) is 9.66. The topological polar surface area (TPSA) is 12.0 Å². The maximum absolute atomic E-state index is 11.8. The van der Waals surface area contributed by atoms with Crippen LogP contribution in [0.25, 0.3) is 0 Å². The molecule has 1 nitrogen and oxygen atoms in total. The van der Waals surface area contributed by atoms with Gasteiger partial charge in [0.25, 0.3) is 0 Å². The number of alkyl halides is 1. The lowest BCUT2D eigenvalue weighted by atomic mass is 10.0. The van der Waals surface area contributed by atoms with Crippen LogP contribution in [0.1, 0.15) is 34.1 Å². The Bertz CT molecular complexity index is 149. The van der Waals surface area contributed by atoms with E-state index in [1.54, 1.807) is 0 Å². The lowest BCUT2D eigenvalue weighted by Gasteiger charge is -2.03. The minimum absolute atomic E-state index is 0.208. The summed E-state index contributed by atoms with van der Waals surface area (Å²) in [5, 5.41) is 3.40. The molecule has 0 radical (unpaired) electrons. The van der Waals surface area contributed by atoms with Gasteiger partial charge in [-0.25, -0.2) is 0 Å². The standard InChI is InChI=1S/C10H20FN/c1-9(2)8(10(9,3)4)12-7-5-6-11/h8,12H,5-7H2,1-4H3. The van der Waals surface area contributed by atoms with Gasteiger partial charge in [-0.15, -0.1) is 0 Å². The number of nitrogens with one attached hydrogen (secondary N) is 1. The smallest absolute Gasteiger partial charge is 0.0906 e. The van der Waals surface area contributed by atoms with Crippen molar-refractivity contribution in [3.8, 4) is 0 Å². The van der Waals surface area contributed by atoms with Gasteiger partial charge in [-0.05, 0) is 23.8 Å². The van der Waals surface area contributed by atoms with Crippen LogP contribution in [0.15, 0.2) is 0 Å². The van der Waals surface area contributed by atoms with Crippen LogP contribution in [-0.2, 0) is 0 Å². The van der Waals surface area contributed by atoms with Gasteiger partial charge in [0.2, 0.25) is 0 Å². The van der Waals surface area contributed by atoms with Gasteiger partial charge >= 0.3 is 0 Å². The minimum Gasteiger partial charge on any atom is -0.313 e. The lowest BCUT2D eigenvalue weighted by molar-refractivity contribution is 0.447. The van der Waals surface area contributed by atoms with Crippen molar-refractivity contribution in [2.24, 2.45) is 10.8 Å². The van der Waals surface area contributed by atoms with E-state index in [4.69, 9.17) is 0 Å². The molecule has 0 spiro atoms. The van der Waals surface area contributed by atoms with Crippen molar-refractivity contribution in [3.63, 3.8) is 0 Å². The number of halogens is 1. The fraction of sp³-hybridized carbons (Fsp3) is 1.00. The molecule has 0 aliphatic heterocycles. The molecule has 0 bridgehead atoms. The van der Waals surface area contributed by atoms with Crippen molar-refractivity contribution >= 4 is 0 Å². The normalized spacial score (nSPS) is 25.8. The van der Waals surface area contributed by atoms with Crippen LogP contribution in [-0.4, -0.2) is 19.3 Å². The van der Waals surface area contributed by atoms with Gasteiger partial charge in [0.15, 0.2) is 0 Å². The predicted molar refractivity (Wildman–Crippen MR) is 49.9 cm³/mol. The molecule has 0 aromatic heterocycles. The molecule has 0 aromatic carbocycles. The first kappa shape index (κ1) is 9.97. The Labute approximate surface area is 74.7 Å². The van der Waals surface area contributed by atoms with Crippen molar-refractivity contribution in [3.05, 3.63) is 0 Å². The van der Waals surface area contributed by atoms with E-state index in [1.807, 2.05) is 0 Å². The molecule has 1 aliphatic rings. The summed E-state index contributed by atoms with van der Waals surface area (Å²) in [5.74, 6) is 0. The lowest BCUT2D eigenvalue weighted by Crippen LogP contribution is -2.23. The molecule has 2 heteroatoms. The van der Waals surface area contributed by atoms with Crippen molar-refractivity contribution in [2.75, 3.05) is 13.2 Å².